The van der Waals surface area contributed by atoms with Gasteiger partial charge in [-0.05, 0) is 30.0 Å². The van der Waals surface area contributed by atoms with Gasteiger partial charge in [0.1, 0.15) is 0 Å². The van der Waals surface area contributed by atoms with E-state index in [1.165, 1.54) is 0 Å². The van der Waals surface area contributed by atoms with Crippen LogP contribution in [0.4, 0.5) is 5.69 Å². The summed E-state index contributed by atoms with van der Waals surface area (Å²) in [6.07, 6.45) is 1.32. The summed E-state index contributed by atoms with van der Waals surface area (Å²) in [6, 6.07) is 5.22. The molecule has 4 heteroatoms. The summed E-state index contributed by atoms with van der Waals surface area (Å²) < 4.78 is 0. The van der Waals surface area contributed by atoms with Crippen molar-refractivity contribution in [3.63, 3.8) is 0 Å². The summed E-state index contributed by atoms with van der Waals surface area (Å²) in [5, 5.41) is 12.2. The van der Waals surface area contributed by atoms with E-state index in [-0.39, 0.29) is 23.8 Å². The molecule has 1 atom stereocenters. The van der Waals surface area contributed by atoms with Crippen LogP contribution in [0.2, 0.25) is 5.02 Å². The van der Waals surface area contributed by atoms with E-state index >= 15 is 0 Å². The van der Waals surface area contributed by atoms with Crippen LogP contribution in [0, 0.1) is 23.2 Å². The molecular weight excluding hydrogens is 274 g/mol. The number of benzene rings is 1. The number of aliphatic hydroxyl groups excluding tert-OH is 1. The van der Waals surface area contributed by atoms with E-state index in [2.05, 4.69) is 31.0 Å². The number of carbonyl (C=O) groups is 1. The quantitative estimate of drug-likeness (QED) is 0.841. The van der Waals surface area contributed by atoms with Gasteiger partial charge in [0.05, 0.1) is 12.3 Å². The Kier molecular flexibility index (Phi) is 4.37. The SMILES string of the molecule is CC1(C)CC1C(=O)Nc1cc(Cl)ccc1C#CCCO. The van der Waals surface area contributed by atoms with Crippen LogP contribution in [0.3, 0.4) is 0 Å². The molecule has 2 N–H and O–H groups in total. The van der Waals surface area contributed by atoms with E-state index in [9.17, 15) is 4.79 Å². The average Bonchev–Trinajstić information content (AvgIpc) is 3.01. The molecule has 0 aliphatic heterocycles. The van der Waals surface area contributed by atoms with Gasteiger partial charge in [0, 0.05) is 22.9 Å². The van der Waals surface area contributed by atoms with Crippen LogP contribution in [-0.4, -0.2) is 17.6 Å². The molecule has 0 aromatic heterocycles. The van der Waals surface area contributed by atoms with E-state index in [0.29, 0.717) is 17.1 Å². The molecule has 0 radical (unpaired) electrons. The first-order valence-corrected chi connectivity index (χ1v) is 7.02. The lowest BCUT2D eigenvalue weighted by Gasteiger charge is -2.09. The monoisotopic (exact) mass is 291 g/mol. The Labute approximate surface area is 124 Å². The summed E-state index contributed by atoms with van der Waals surface area (Å²) in [5.41, 5.74) is 1.44. The third-order valence-electron chi connectivity index (χ3n) is 3.53. The molecule has 1 aliphatic carbocycles. The van der Waals surface area contributed by atoms with E-state index < -0.39 is 0 Å². The van der Waals surface area contributed by atoms with Crippen LogP contribution in [0.1, 0.15) is 32.3 Å². The first-order chi connectivity index (χ1) is 9.44. The summed E-state index contributed by atoms with van der Waals surface area (Å²) in [7, 11) is 0. The van der Waals surface area contributed by atoms with Crippen LogP contribution < -0.4 is 5.32 Å². The van der Waals surface area contributed by atoms with Gasteiger partial charge in [0.2, 0.25) is 5.91 Å². The summed E-state index contributed by atoms with van der Waals surface area (Å²) in [6.45, 7) is 4.19. The second-order valence-electron chi connectivity index (χ2n) is 5.70. The molecule has 0 saturated heterocycles. The number of nitrogens with one attached hydrogen (secondary N) is 1. The van der Waals surface area contributed by atoms with Gasteiger partial charge in [0.25, 0.3) is 0 Å². The second-order valence-corrected chi connectivity index (χ2v) is 6.14. The smallest absolute Gasteiger partial charge is 0.228 e. The van der Waals surface area contributed by atoms with Crippen molar-refractivity contribution in [1.29, 1.82) is 0 Å². The molecule has 106 valence electrons. The normalized spacial score (nSPS) is 18.9. The molecule has 1 aliphatic rings. The van der Waals surface area contributed by atoms with Crippen molar-refractivity contribution in [2.45, 2.75) is 26.7 Å². The Hall–Kier alpha value is -1.50. The lowest BCUT2D eigenvalue weighted by atomic mass is 10.1. The first-order valence-electron chi connectivity index (χ1n) is 6.64. The topological polar surface area (TPSA) is 49.3 Å². The van der Waals surface area contributed by atoms with Crippen molar-refractivity contribution in [3.8, 4) is 11.8 Å². The molecule has 1 amide bonds. The summed E-state index contributed by atoms with van der Waals surface area (Å²) >= 11 is 5.97. The minimum Gasteiger partial charge on any atom is -0.395 e. The maximum atomic E-state index is 12.1. The molecule has 1 aromatic rings. The predicted octanol–water partition coefficient (Wildman–Crippen LogP) is 3.06. The van der Waals surface area contributed by atoms with E-state index in [4.69, 9.17) is 16.7 Å². The number of carbonyl (C=O) groups excluding carboxylic acids is 1. The van der Waals surface area contributed by atoms with Crippen molar-refractivity contribution in [1.82, 2.24) is 0 Å². The lowest BCUT2D eigenvalue weighted by Crippen LogP contribution is -2.17. The number of anilines is 1. The van der Waals surface area contributed by atoms with Crippen molar-refractivity contribution in [2.75, 3.05) is 11.9 Å². The molecule has 1 aromatic carbocycles. The highest BCUT2D eigenvalue weighted by Gasteiger charge is 2.50. The zero-order valence-corrected chi connectivity index (χ0v) is 12.4. The maximum absolute atomic E-state index is 12.1. The van der Waals surface area contributed by atoms with Gasteiger partial charge in [-0.2, -0.15) is 0 Å². The molecule has 0 spiro atoms. The summed E-state index contributed by atoms with van der Waals surface area (Å²) in [5.74, 6) is 5.87. The van der Waals surface area contributed by atoms with Gasteiger partial charge in [0.15, 0.2) is 0 Å². The lowest BCUT2D eigenvalue weighted by molar-refractivity contribution is -0.118. The largest absolute Gasteiger partial charge is 0.395 e. The Morgan fingerprint density at radius 1 is 1.55 bits per heavy atom. The van der Waals surface area contributed by atoms with Crippen molar-refractivity contribution < 1.29 is 9.90 Å². The maximum Gasteiger partial charge on any atom is 0.228 e. The van der Waals surface area contributed by atoms with Gasteiger partial charge in [-0.25, -0.2) is 0 Å². The molecule has 0 bridgehead atoms. The second kappa shape index (κ2) is 5.87. The zero-order valence-electron chi connectivity index (χ0n) is 11.7. The van der Waals surface area contributed by atoms with Crippen LogP contribution in [-0.2, 0) is 4.79 Å². The fourth-order valence-electron chi connectivity index (χ4n) is 2.08. The fraction of sp³-hybridized carbons (Fsp3) is 0.438. The van der Waals surface area contributed by atoms with E-state index in [0.717, 1.165) is 12.0 Å². The molecule has 0 heterocycles. The van der Waals surface area contributed by atoms with Crippen molar-refractivity contribution >= 4 is 23.2 Å². The van der Waals surface area contributed by atoms with Crippen LogP contribution in [0.25, 0.3) is 0 Å². The number of halogens is 1. The third-order valence-corrected chi connectivity index (χ3v) is 3.76. The highest BCUT2D eigenvalue weighted by atomic mass is 35.5. The Balaban J connectivity index is 2.16. The molecule has 1 unspecified atom stereocenters. The molecule has 2 rings (SSSR count). The van der Waals surface area contributed by atoms with Crippen LogP contribution in [0.5, 0.6) is 0 Å². The van der Waals surface area contributed by atoms with E-state index in [1.807, 2.05) is 0 Å². The minimum atomic E-state index is 0.0162. The molecule has 3 nitrogen and oxygen atoms in total. The van der Waals surface area contributed by atoms with E-state index in [1.54, 1.807) is 18.2 Å². The number of rotatable bonds is 3. The number of hydrogen-bond acceptors (Lipinski definition) is 2. The summed E-state index contributed by atoms with van der Waals surface area (Å²) in [4.78, 5) is 12.1. The molecule has 20 heavy (non-hydrogen) atoms. The number of amides is 1. The third kappa shape index (κ3) is 3.53. The van der Waals surface area contributed by atoms with Crippen molar-refractivity contribution in [3.05, 3.63) is 28.8 Å². The minimum absolute atomic E-state index is 0.0162. The Bertz CT molecular complexity index is 584. The average molecular weight is 292 g/mol. The molecule has 1 saturated carbocycles. The first kappa shape index (κ1) is 14.9. The Morgan fingerprint density at radius 2 is 2.25 bits per heavy atom. The van der Waals surface area contributed by atoms with Gasteiger partial charge < -0.3 is 10.4 Å². The zero-order chi connectivity index (χ0) is 14.8. The van der Waals surface area contributed by atoms with Gasteiger partial charge >= 0.3 is 0 Å². The van der Waals surface area contributed by atoms with Crippen molar-refractivity contribution in [2.24, 2.45) is 11.3 Å². The molecule has 1 fully saturated rings. The molecular formula is C16H18ClNO2. The standard InChI is InChI=1S/C16H18ClNO2/c1-16(2)10-13(16)15(20)18-14-9-12(17)7-6-11(14)5-3-4-8-19/h6-7,9,13,19H,4,8,10H2,1-2H3,(H,18,20). The highest BCUT2D eigenvalue weighted by Crippen LogP contribution is 2.52. The number of aliphatic hydroxyl groups is 1. The van der Waals surface area contributed by atoms with Gasteiger partial charge in [-0.3, -0.25) is 4.79 Å². The van der Waals surface area contributed by atoms with Gasteiger partial charge in [-0.15, -0.1) is 0 Å². The van der Waals surface area contributed by atoms with Crippen LogP contribution >= 0.6 is 11.6 Å². The van der Waals surface area contributed by atoms with Gasteiger partial charge in [-0.1, -0.05) is 37.3 Å². The highest BCUT2D eigenvalue weighted by molar-refractivity contribution is 6.31. The van der Waals surface area contributed by atoms with Crippen LogP contribution in [0.15, 0.2) is 18.2 Å². The predicted molar refractivity (Wildman–Crippen MR) is 80.6 cm³/mol. The Morgan fingerprint density at radius 3 is 2.85 bits per heavy atom. The number of hydrogen-bond donors (Lipinski definition) is 2. The fourth-order valence-corrected chi connectivity index (χ4v) is 2.25.